The normalized spacial score (nSPS) is 19.5. The largest absolute Gasteiger partial charge is 0.423 e. The van der Waals surface area contributed by atoms with Crippen LogP contribution in [0.15, 0.2) is 11.0 Å². The lowest BCUT2D eigenvalue weighted by Crippen LogP contribution is -2.49. The van der Waals surface area contributed by atoms with Gasteiger partial charge in [0.2, 0.25) is 0 Å². The highest BCUT2D eigenvalue weighted by atomic mass is 19.4. The van der Waals surface area contributed by atoms with E-state index in [1.807, 2.05) is 12.0 Å². The van der Waals surface area contributed by atoms with Crippen molar-refractivity contribution in [3.63, 3.8) is 0 Å². The molecule has 1 aliphatic heterocycles. The summed E-state index contributed by atoms with van der Waals surface area (Å²) in [5.41, 5.74) is -2.71. The van der Waals surface area contributed by atoms with Crippen molar-refractivity contribution in [1.29, 1.82) is 0 Å². The zero-order chi connectivity index (χ0) is 16.2. The topological polar surface area (TPSA) is 67.5 Å². The molecule has 0 bridgehead atoms. The molecule has 0 aliphatic carbocycles. The van der Waals surface area contributed by atoms with Gasteiger partial charge in [-0.25, -0.2) is 5.10 Å². The van der Waals surface area contributed by atoms with E-state index >= 15 is 0 Å². The molecule has 0 radical (unpaired) electrons. The van der Waals surface area contributed by atoms with Gasteiger partial charge in [0, 0.05) is 13.2 Å². The Balaban J connectivity index is 2.31. The first kappa shape index (κ1) is 16.8. The molecule has 0 spiro atoms. The van der Waals surface area contributed by atoms with Gasteiger partial charge in [-0.05, 0) is 6.42 Å². The highest BCUT2D eigenvalue weighted by molar-refractivity contribution is 5.53. The SMILES string of the molecule is CCCOCC1COCCN1c1cn[nH]c(=O)c1C(F)(F)F. The van der Waals surface area contributed by atoms with Crippen LogP contribution < -0.4 is 10.5 Å². The van der Waals surface area contributed by atoms with E-state index in [9.17, 15) is 18.0 Å². The third-order valence-corrected chi connectivity index (χ3v) is 3.32. The Kier molecular flexibility index (Phi) is 5.41. The number of hydrogen-bond donors (Lipinski definition) is 1. The zero-order valence-electron chi connectivity index (χ0n) is 12.2. The van der Waals surface area contributed by atoms with Gasteiger partial charge in [-0.3, -0.25) is 4.79 Å². The van der Waals surface area contributed by atoms with Crippen LogP contribution >= 0.6 is 0 Å². The summed E-state index contributed by atoms with van der Waals surface area (Å²) in [6.45, 7) is 3.47. The van der Waals surface area contributed by atoms with E-state index in [-0.39, 0.29) is 38.1 Å². The number of hydrogen-bond acceptors (Lipinski definition) is 5. The number of ether oxygens (including phenoxy) is 2. The predicted molar refractivity (Wildman–Crippen MR) is 72.9 cm³/mol. The summed E-state index contributed by atoms with van der Waals surface area (Å²) in [5.74, 6) is 0. The van der Waals surface area contributed by atoms with Gasteiger partial charge in [-0.1, -0.05) is 6.92 Å². The highest BCUT2D eigenvalue weighted by Crippen LogP contribution is 2.34. The number of rotatable bonds is 5. The second kappa shape index (κ2) is 7.10. The second-order valence-corrected chi connectivity index (χ2v) is 4.95. The summed E-state index contributed by atoms with van der Waals surface area (Å²) in [6.07, 6.45) is -2.91. The Morgan fingerprint density at radius 3 is 3.00 bits per heavy atom. The fraction of sp³-hybridized carbons (Fsp3) is 0.692. The third-order valence-electron chi connectivity index (χ3n) is 3.32. The number of nitrogens with one attached hydrogen (secondary N) is 1. The quantitative estimate of drug-likeness (QED) is 0.831. The van der Waals surface area contributed by atoms with Crippen LogP contribution in [0.5, 0.6) is 0 Å². The van der Waals surface area contributed by atoms with Crippen molar-refractivity contribution < 1.29 is 22.6 Å². The van der Waals surface area contributed by atoms with Crippen LogP contribution in [-0.4, -0.2) is 49.2 Å². The van der Waals surface area contributed by atoms with E-state index in [2.05, 4.69) is 5.10 Å². The molecule has 1 unspecified atom stereocenters. The van der Waals surface area contributed by atoms with Crippen LogP contribution in [0.4, 0.5) is 18.9 Å². The zero-order valence-corrected chi connectivity index (χ0v) is 12.2. The first-order valence-electron chi connectivity index (χ1n) is 7.02. The molecule has 9 heteroatoms. The lowest BCUT2D eigenvalue weighted by atomic mass is 10.1. The van der Waals surface area contributed by atoms with Crippen molar-refractivity contribution in [1.82, 2.24) is 10.2 Å². The maximum Gasteiger partial charge on any atom is 0.423 e. The van der Waals surface area contributed by atoms with E-state index in [1.165, 1.54) is 4.90 Å². The maximum absolute atomic E-state index is 13.2. The lowest BCUT2D eigenvalue weighted by Gasteiger charge is -2.37. The Morgan fingerprint density at radius 2 is 2.32 bits per heavy atom. The first-order chi connectivity index (χ1) is 10.4. The van der Waals surface area contributed by atoms with Crippen LogP contribution in [0.1, 0.15) is 18.9 Å². The summed E-state index contributed by atoms with van der Waals surface area (Å²) in [5, 5.41) is 5.34. The maximum atomic E-state index is 13.2. The number of alkyl halides is 3. The van der Waals surface area contributed by atoms with E-state index in [0.29, 0.717) is 6.61 Å². The summed E-state index contributed by atoms with van der Waals surface area (Å²) >= 11 is 0. The standard InChI is InChI=1S/C13H18F3N3O3/c1-2-4-21-7-9-8-22-5-3-19(9)10-6-17-18-12(20)11(10)13(14,15)16/h6,9H,2-5,7-8H2,1H3,(H,18,20). The van der Waals surface area contributed by atoms with Crippen LogP contribution in [0.2, 0.25) is 0 Å². The van der Waals surface area contributed by atoms with Crippen LogP contribution in [0.3, 0.4) is 0 Å². The van der Waals surface area contributed by atoms with Gasteiger partial charge in [0.05, 0.1) is 37.7 Å². The molecule has 2 rings (SSSR count). The van der Waals surface area contributed by atoms with E-state index in [0.717, 1.165) is 12.6 Å². The Bertz CT molecular complexity index is 547. The van der Waals surface area contributed by atoms with Gasteiger partial charge in [-0.15, -0.1) is 0 Å². The van der Waals surface area contributed by atoms with Crippen LogP contribution in [0.25, 0.3) is 0 Å². The molecule has 1 fully saturated rings. The van der Waals surface area contributed by atoms with Gasteiger partial charge in [0.1, 0.15) is 5.56 Å². The molecule has 1 N–H and O–H groups in total. The minimum absolute atomic E-state index is 0.232. The average Bonchev–Trinajstić information content (AvgIpc) is 2.46. The van der Waals surface area contributed by atoms with Crippen LogP contribution in [-0.2, 0) is 15.7 Å². The molecule has 0 aromatic carbocycles. The number of morpholine rings is 1. The number of aromatic amines is 1. The molecule has 1 saturated heterocycles. The van der Waals surface area contributed by atoms with Crippen LogP contribution in [0, 0.1) is 0 Å². The van der Waals surface area contributed by atoms with Crippen molar-refractivity contribution in [3.8, 4) is 0 Å². The molecule has 0 saturated carbocycles. The average molecular weight is 321 g/mol. The fourth-order valence-corrected chi connectivity index (χ4v) is 2.35. The molecule has 1 aromatic rings. The number of aromatic nitrogens is 2. The second-order valence-electron chi connectivity index (χ2n) is 4.95. The fourth-order valence-electron chi connectivity index (χ4n) is 2.35. The van der Waals surface area contributed by atoms with Crippen molar-refractivity contribution >= 4 is 5.69 Å². The smallest absolute Gasteiger partial charge is 0.379 e. The Morgan fingerprint density at radius 1 is 1.55 bits per heavy atom. The van der Waals surface area contributed by atoms with E-state index < -0.39 is 17.3 Å². The van der Waals surface area contributed by atoms with Crippen molar-refractivity contribution in [2.45, 2.75) is 25.6 Å². The highest BCUT2D eigenvalue weighted by Gasteiger charge is 2.40. The van der Waals surface area contributed by atoms with E-state index in [4.69, 9.17) is 9.47 Å². The van der Waals surface area contributed by atoms with Crippen molar-refractivity contribution in [2.24, 2.45) is 0 Å². The van der Waals surface area contributed by atoms with Gasteiger partial charge < -0.3 is 14.4 Å². The van der Waals surface area contributed by atoms with Crippen molar-refractivity contribution in [2.75, 3.05) is 37.9 Å². The Labute approximate surface area is 125 Å². The molecule has 22 heavy (non-hydrogen) atoms. The third kappa shape index (κ3) is 3.77. The summed E-state index contributed by atoms with van der Waals surface area (Å²) < 4.78 is 50.2. The molecule has 2 heterocycles. The number of H-pyrrole nitrogens is 1. The first-order valence-corrected chi connectivity index (χ1v) is 7.02. The lowest BCUT2D eigenvalue weighted by molar-refractivity contribution is -0.138. The molecule has 1 atom stereocenters. The molecule has 0 amide bonds. The number of halogens is 3. The predicted octanol–water partition coefficient (Wildman–Crippen LogP) is 1.42. The van der Waals surface area contributed by atoms with Gasteiger partial charge >= 0.3 is 6.18 Å². The summed E-state index contributed by atoms with van der Waals surface area (Å²) in [7, 11) is 0. The van der Waals surface area contributed by atoms with Gasteiger partial charge in [0.15, 0.2) is 0 Å². The molecule has 1 aromatic heterocycles. The van der Waals surface area contributed by atoms with Gasteiger partial charge in [-0.2, -0.15) is 18.3 Å². The molecular formula is C13H18F3N3O3. The summed E-state index contributed by atoms with van der Waals surface area (Å²) in [6, 6.07) is -0.384. The number of nitrogens with zero attached hydrogens (tertiary/aromatic N) is 2. The minimum Gasteiger partial charge on any atom is -0.379 e. The molecular weight excluding hydrogens is 303 g/mol. The van der Waals surface area contributed by atoms with E-state index in [1.54, 1.807) is 0 Å². The number of anilines is 1. The summed E-state index contributed by atoms with van der Waals surface area (Å²) in [4.78, 5) is 13.1. The van der Waals surface area contributed by atoms with Crippen molar-refractivity contribution in [3.05, 3.63) is 22.1 Å². The Hall–Kier alpha value is -1.61. The molecule has 1 aliphatic rings. The minimum atomic E-state index is -4.75. The monoisotopic (exact) mass is 321 g/mol. The molecule has 6 nitrogen and oxygen atoms in total. The van der Waals surface area contributed by atoms with Gasteiger partial charge in [0.25, 0.3) is 5.56 Å². The molecule has 124 valence electrons.